The van der Waals surface area contributed by atoms with Crippen molar-refractivity contribution in [3.05, 3.63) is 40.9 Å². The number of anilines is 2. The van der Waals surface area contributed by atoms with E-state index >= 15 is 0 Å². The number of imide groups is 1. The molecule has 0 saturated heterocycles. The van der Waals surface area contributed by atoms with Gasteiger partial charge in [0.15, 0.2) is 0 Å². The van der Waals surface area contributed by atoms with Crippen molar-refractivity contribution in [2.75, 3.05) is 24.9 Å². The molecule has 2 N–H and O–H groups in total. The van der Waals surface area contributed by atoms with E-state index < -0.39 is 27.0 Å². The van der Waals surface area contributed by atoms with Gasteiger partial charge < -0.3 is 9.47 Å². The first-order valence-corrected chi connectivity index (χ1v) is 11.3. The van der Waals surface area contributed by atoms with Crippen molar-refractivity contribution in [3.8, 4) is 12.0 Å². The van der Waals surface area contributed by atoms with Gasteiger partial charge in [-0.3, -0.25) is 10.6 Å². The number of hydrogen-bond donors (Lipinski definition) is 2. The zero-order valence-corrected chi connectivity index (χ0v) is 20.2. The SMILES string of the molecule is COc1nc(C)nc(NC(=O)N(C(=O)Nc2nc(C)nc(OC)n2)S(=O)(=O)c2ccccc2Cl)n1. The molecule has 15 nitrogen and oxygen atoms in total. The Hall–Kier alpha value is -4.18. The van der Waals surface area contributed by atoms with E-state index in [1.54, 1.807) is 0 Å². The number of nitrogens with one attached hydrogen (secondary N) is 2. The van der Waals surface area contributed by atoms with Crippen LogP contribution >= 0.6 is 11.6 Å². The number of rotatable bonds is 6. The number of halogens is 1. The number of methoxy groups -OCH3 is 2. The van der Waals surface area contributed by atoms with Crippen LogP contribution in [-0.4, -0.2) is 68.9 Å². The summed E-state index contributed by atoms with van der Waals surface area (Å²) in [5, 5.41) is 4.05. The lowest BCUT2D eigenvalue weighted by molar-refractivity contribution is 0.222. The third-order valence-corrected chi connectivity index (χ3v) is 6.15. The number of benzene rings is 1. The summed E-state index contributed by atoms with van der Waals surface area (Å²) in [6.07, 6.45) is 0. The van der Waals surface area contributed by atoms with Crippen molar-refractivity contribution < 1.29 is 27.5 Å². The second-order valence-corrected chi connectivity index (χ2v) is 8.61. The predicted octanol–water partition coefficient (Wildman–Crippen LogP) is 1.80. The molecule has 17 heteroatoms. The average molecular weight is 524 g/mol. The van der Waals surface area contributed by atoms with Gasteiger partial charge >= 0.3 is 24.1 Å². The lowest BCUT2D eigenvalue weighted by atomic mass is 10.4. The summed E-state index contributed by atoms with van der Waals surface area (Å²) < 4.78 is 36.4. The molecule has 0 aliphatic rings. The lowest BCUT2D eigenvalue weighted by Crippen LogP contribution is -2.47. The van der Waals surface area contributed by atoms with Crippen LogP contribution in [0.25, 0.3) is 0 Å². The second-order valence-electron chi connectivity index (χ2n) is 6.45. The van der Waals surface area contributed by atoms with E-state index in [9.17, 15) is 18.0 Å². The van der Waals surface area contributed by atoms with Crippen LogP contribution in [-0.2, 0) is 10.0 Å². The standard InChI is InChI=1S/C18H18ClN9O6S/c1-9-20-13(24-15(22-9)33-3)26-17(29)28(35(31,32)12-8-6-5-7-11(12)19)18(30)27-14-21-10(2)23-16(25-14)34-4/h5-8H,1-4H3,(H,20,22,24,26,29)(H,21,23,25,27,30). The monoisotopic (exact) mass is 523 g/mol. The number of hydrogen-bond acceptors (Lipinski definition) is 12. The topological polar surface area (TPSA) is 191 Å². The molecule has 0 bridgehead atoms. The summed E-state index contributed by atoms with van der Waals surface area (Å²) in [4.78, 5) is 48.8. The van der Waals surface area contributed by atoms with E-state index in [0.717, 1.165) is 6.07 Å². The van der Waals surface area contributed by atoms with Crippen LogP contribution in [0.2, 0.25) is 5.02 Å². The van der Waals surface area contributed by atoms with Crippen LogP contribution < -0.4 is 20.1 Å². The van der Waals surface area contributed by atoms with Gasteiger partial charge in [-0.15, -0.1) is 4.31 Å². The molecular weight excluding hydrogens is 506 g/mol. The summed E-state index contributed by atoms with van der Waals surface area (Å²) in [6, 6.07) is 2.08. The predicted molar refractivity (Wildman–Crippen MR) is 121 cm³/mol. The summed E-state index contributed by atoms with van der Waals surface area (Å²) in [7, 11) is -2.28. The first-order chi connectivity index (χ1) is 16.5. The smallest absolute Gasteiger partial charge is 0.346 e. The highest BCUT2D eigenvalue weighted by atomic mass is 35.5. The molecule has 0 radical (unpaired) electrons. The number of nitrogens with zero attached hydrogens (tertiary/aromatic N) is 7. The van der Waals surface area contributed by atoms with Gasteiger partial charge in [0, 0.05) is 0 Å². The largest absolute Gasteiger partial charge is 0.467 e. The van der Waals surface area contributed by atoms with E-state index in [1.165, 1.54) is 46.3 Å². The van der Waals surface area contributed by atoms with Gasteiger partial charge in [-0.1, -0.05) is 23.7 Å². The Balaban J connectivity index is 2.04. The van der Waals surface area contributed by atoms with E-state index in [4.69, 9.17) is 21.1 Å². The molecule has 35 heavy (non-hydrogen) atoms. The van der Waals surface area contributed by atoms with Crippen LogP contribution in [0.15, 0.2) is 29.2 Å². The summed E-state index contributed by atoms with van der Waals surface area (Å²) in [6.45, 7) is 2.97. The summed E-state index contributed by atoms with van der Waals surface area (Å²) >= 11 is 6.04. The van der Waals surface area contributed by atoms with Crippen LogP contribution in [0.5, 0.6) is 12.0 Å². The Bertz CT molecular complexity index is 1320. The Morgan fingerprint density at radius 1 is 0.829 bits per heavy atom. The van der Waals surface area contributed by atoms with Gasteiger partial charge in [-0.2, -0.15) is 29.9 Å². The Morgan fingerprint density at radius 2 is 1.29 bits per heavy atom. The van der Waals surface area contributed by atoms with Crippen molar-refractivity contribution in [1.82, 2.24) is 34.2 Å². The van der Waals surface area contributed by atoms with E-state index in [-0.39, 0.29) is 44.9 Å². The third kappa shape index (κ3) is 5.85. The minimum absolute atomic E-state index is 0.106. The Morgan fingerprint density at radius 3 is 1.71 bits per heavy atom. The maximum Gasteiger partial charge on any atom is 0.346 e. The molecule has 2 aromatic heterocycles. The number of sulfonamides is 1. The number of urea groups is 2. The molecule has 2 heterocycles. The number of carbonyl (C=O) groups is 2. The molecule has 0 aliphatic heterocycles. The lowest BCUT2D eigenvalue weighted by Gasteiger charge is -2.21. The number of ether oxygens (including phenoxy) is 2. The van der Waals surface area contributed by atoms with Crippen LogP contribution in [0.3, 0.4) is 0 Å². The minimum Gasteiger partial charge on any atom is -0.467 e. The number of aryl methyl sites for hydroxylation is 2. The van der Waals surface area contributed by atoms with E-state index in [0.29, 0.717) is 0 Å². The van der Waals surface area contributed by atoms with Crippen molar-refractivity contribution in [2.45, 2.75) is 18.7 Å². The maximum atomic E-state index is 13.4. The number of aromatic nitrogens is 6. The van der Waals surface area contributed by atoms with Gasteiger partial charge in [0.2, 0.25) is 11.9 Å². The molecular formula is C18H18ClN9O6S. The van der Waals surface area contributed by atoms with Crippen LogP contribution in [0.4, 0.5) is 21.5 Å². The molecule has 3 rings (SSSR count). The molecule has 1 aromatic carbocycles. The highest BCUT2D eigenvalue weighted by Gasteiger charge is 2.38. The third-order valence-electron chi connectivity index (χ3n) is 3.98. The average Bonchev–Trinajstić information content (AvgIpc) is 2.78. The molecule has 0 unspecified atom stereocenters. The molecule has 184 valence electrons. The maximum absolute atomic E-state index is 13.4. The van der Waals surface area contributed by atoms with Crippen molar-refractivity contribution in [1.29, 1.82) is 0 Å². The fourth-order valence-electron chi connectivity index (χ4n) is 2.56. The molecule has 0 saturated carbocycles. The normalized spacial score (nSPS) is 10.9. The Kier molecular flexibility index (Phi) is 7.55. The first kappa shape index (κ1) is 25.4. The van der Waals surface area contributed by atoms with Gasteiger partial charge in [-0.05, 0) is 26.0 Å². The van der Waals surface area contributed by atoms with E-state index in [2.05, 4.69) is 40.5 Å². The van der Waals surface area contributed by atoms with Gasteiger partial charge in [0.05, 0.1) is 19.2 Å². The fourth-order valence-corrected chi connectivity index (χ4v) is 4.28. The van der Waals surface area contributed by atoms with Crippen LogP contribution in [0, 0.1) is 13.8 Å². The summed E-state index contributed by atoms with van der Waals surface area (Å²) in [5.41, 5.74) is 0. The first-order valence-electron chi connectivity index (χ1n) is 9.50. The molecule has 0 aliphatic carbocycles. The highest BCUT2D eigenvalue weighted by molar-refractivity contribution is 7.90. The zero-order chi connectivity index (χ0) is 25.8. The van der Waals surface area contributed by atoms with Crippen molar-refractivity contribution in [3.63, 3.8) is 0 Å². The number of amides is 4. The van der Waals surface area contributed by atoms with Crippen molar-refractivity contribution in [2.24, 2.45) is 0 Å². The van der Waals surface area contributed by atoms with E-state index in [1.807, 2.05) is 0 Å². The van der Waals surface area contributed by atoms with Crippen molar-refractivity contribution >= 4 is 45.6 Å². The van der Waals surface area contributed by atoms with Gasteiger partial charge in [0.25, 0.3) is 10.0 Å². The molecule has 0 atom stereocenters. The zero-order valence-electron chi connectivity index (χ0n) is 18.7. The Labute approximate surface area is 204 Å². The minimum atomic E-state index is -4.85. The van der Waals surface area contributed by atoms with Gasteiger partial charge in [-0.25, -0.2) is 18.0 Å². The fraction of sp³-hybridized carbons (Fsp3) is 0.222. The molecule has 0 spiro atoms. The molecule has 0 fully saturated rings. The second kappa shape index (κ2) is 10.4. The quantitative estimate of drug-likeness (QED) is 0.476. The number of carbonyl (C=O) groups excluding carboxylic acids is 2. The molecule has 4 amide bonds. The highest BCUT2D eigenvalue weighted by Crippen LogP contribution is 2.25. The van der Waals surface area contributed by atoms with Crippen LogP contribution in [0.1, 0.15) is 11.6 Å². The molecule has 3 aromatic rings. The summed E-state index contributed by atoms with van der Waals surface area (Å²) in [5.74, 6) is -0.428. The van der Waals surface area contributed by atoms with Gasteiger partial charge in [0.1, 0.15) is 16.5 Å².